The van der Waals surface area contributed by atoms with Gasteiger partial charge in [-0.25, -0.2) is 4.98 Å². The monoisotopic (exact) mass is 263 g/mol. The lowest BCUT2D eigenvalue weighted by Crippen LogP contribution is -2.39. The highest BCUT2D eigenvalue weighted by Crippen LogP contribution is 2.27. The van der Waals surface area contributed by atoms with Crippen molar-refractivity contribution in [3.8, 4) is 0 Å². The topological polar surface area (TPSA) is 62.4 Å². The molecular formula is C15H25N3O. The van der Waals surface area contributed by atoms with Crippen LogP contribution in [0.2, 0.25) is 0 Å². The Bertz CT molecular complexity index is 389. The third-order valence-electron chi connectivity index (χ3n) is 3.95. The molecule has 0 amide bonds. The zero-order valence-electron chi connectivity index (χ0n) is 11.8. The standard InChI is InChI=1S/C15H25N3O/c1-12(16)13-7-8-17-15(11-13)18(9-10-19)14-5-3-2-4-6-14/h7-8,11-12,14,19H,2-6,9-10,16H2,1H3/t12-/m1/s1. The molecular weight excluding hydrogens is 238 g/mol. The van der Waals surface area contributed by atoms with Gasteiger partial charge in [-0.15, -0.1) is 0 Å². The molecule has 1 heterocycles. The van der Waals surface area contributed by atoms with Gasteiger partial charge in [0, 0.05) is 24.8 Å². The summed E-state index contributed by atoms with van der Waals surface area (Å²) in [5, 5.41) is 9.31. The minimum absolute atomic E-state index is 0.0177. The van der Waals surface area contributed by atoms with Gasteiger partial charge in [0.2, 0.25) is 0 Å². The van der Waals surface area contributed by atoms with Gasteiger partial charge in [-0.05, 0) is 37.5 Å². The lowest BCUT2D eigenvalue weighted by Gasteiger charge is -2.35. The Morgan fingerprint density at radius 2 is 2.16 bits per heavy atom. The summed E-state index contributed by atoms with van der Waals surface area (Å²) in [5.41, 5.74) is 7.04. The zero-order valence-corrected chi connectivity index (χ0v) is 11.8. The van der Waals surface area contributed by atoms with Crippen LogP contribution >= 0.6 is 0 Å². The predicted molar refractivity (Wildman–Crippen MR) is 78.1 cm³/mol. The Morgan fingerprint density at radius 1 is 1.42 bits per heavy atom. The van der Waals surface area contributed by atoms with Crippen LogP contribution in [0, 0.1) is 0 Å². The number of nitrogens with two attached hydrogens (primary N) is 1. The van der Waals surface area contributed by atoms with Crippen molar-refractivity contribution in [1.82, 2.24) is 4.98 Å². The van der Waals surface area contributed by atoms with E-state index in [0.717, 1.165) is 11.4 Å². The fourth-order valence-corrected chi connectivity index (χ4v) is 2.86. The highest BCUT2D eigenvalue weighted by atomic mass is 16.3. The van der Waals surface area contributed by atoms with Gasteiger partial charge < -0.3 is 15.7 Å². The van der Waals surface area contributed by atoms with Gasteiger partial charge in [0.15, 0.2) is 0 Å². The van der Waals surface area contributed by atoms with Gasteiger partial charge in [-0.2, -0.15) is 0 Å². The maximum atomic E-state index is 9.31. The Morgan fingerprint density at radius 3 is 2.79 bits per heavy atom. The van der Waals surface area contributed by atoms with Crippen LogP contribution in [0.4, 0.5) is 5.82 Å². The Kier molecular flexibility index (Phi) is 5.16. The molecule has 0 aliphatic heterocycles. The average Bonchev–Trinajstić information content (AvgIpc) is 2.46. The number of rotatable bonds is 5. The molecule has 0 spiro atoms. The first-order valence-electron chi connectivity index (χ1n) is 7.31. The minimum atomic E-state index is 0.0177. The van der Waals surface area contributed by atoms with Crippen molar-refractivity contribution in [2.45, 2.75) is 51.1 Å². The van der Waals surface area contributed by atoms with E-state index in [4.69, 9.17) is 5.73 Å². The molecule has 19 heavy (non-hydrogen) atoms. The third kappa shape index (κ3) is 3.67. The Hall–Kier alpha value is -1.13. The summed E-state index contributed by atoms with van der Waals surface area (Å²) in [7, 11) is 0. The van der Waals surface area contributed by atoms with E-state index >= 15 is 0 Å². The summed E-state index contributed by atoms with van der Waals surface area (Å²) in [6.07, 6.45) is 8.10. The molecule has 0 bridgehead atoms. The van der Waals surface area contributed by atoms with Crippen molar-refractivity contribution in [1.29, 1.82) is 0 Å². The van der Waals surface area contributed by atoms with E-state index in [1.165, 1.54) is 32.1 Å². The molecule has 1 atom stereocenters. The average molecular weight is 263 g/mol. The number of aromatic nitrogens is 1. The molecule has 0 aromatic carbocycles. The van der Waals surface area contributed by atoms with Crippen LogP contribution in [0.3, 0.4) is 0 Å². The lowest BCUT2D eigenvalue weighted by molar-refractivity contribution is 0.289. The largest absolute Gasteiger partial charge is 0.395 e. The van der Waals surface area contributed by atoms with Crippen LogP contribution in [0.25, 0.3) is 0 Å². The fourth-order valence-electron chi connectivity index (χ4n) is 2.86. The van der Waals surface area contributed by atoms with Crippen molar-refractivity contribution in [3.05, 3.63) is 23.9 Å². The van der Waals surface area contributed by atoms with Crippen molar-refractivity contribution < 1.29 is 5.11 Å². The number of aliphatic hydroxyl groups is 1. The highest BCUT2D eigenvalue weighted by Gasteiger charge is 2.22. The molecule has 1 fully saturated rings. The molecule has 0 unspecified atom stereocenters. The summed E-state index contributed by atoms with van der Waals surface area (Å²) in [6, 6.07) is 4.56. The van der Waals surface area contributed by atoms with Gasteiger partial charge in [0.25, 0.3) is 0 Å². The van der Waals surface area contributed by atoms with Gasteiger partial charge >= 0.3 is 0 Å². The van der Waals surface area contributed by atoms with Gasteiger partial charge in [-0.3, -0.25) is 0 Å². The normalized spacial score (nSPS) is 18.3. The van der Waals surface area contributed by atoms with E-state index in [0.29, 0.717) is 12.6 Å². The molecule has 1 aromatic heterocycles. The molecule has 0 saturated heterocycles. The molecule has 0 radical (unpaired) electrons. The van der Waals surface area contributed by atoms with Crippen molar-refractivity contribution in [2.24, 2.45) is 5.73 Å². The molecule has 4 heteroatoms. The summed E-state index contributed by atoms with van der Waals surface area (Å²) in [4.78, 5) is 6.73. The second kappa shape index (κ2) is 6.87. The number of hydrogen-bond donors (Lipinski definition) is 2. The van der Waals surface area contributed by atoms with E-state index in [1.54, 1.807) is 0 Å². The van der Waals surface area contributed by atoms with E-state index in [2.05, 4.69) is 16.0 Å². The number of hydrogen-bond acceptors (Lipinski definition) is 4. The maximum absolute atomic E-state index is 9.31. The summed E-state index contributed by atoms with van der Waals surface area (Å²) in [5.74, 6) is 0.954. The van der Waals surface area contributed by atoms with Crippen LogP contribution in [0.15, 0.2) is 18.3 Å². The number of nitrogens with zero attached hydrogens (tertiary/aromatic N) is 2. The first-order valence-corrected chi connectivity index (χ1v) is 7.31. The minimum Gasteiger partial charge on any atom is -0.395 e. The van der Waals surface area contributed by atoms with Crippen LogP contribution in [-0.4, -0.2) is 29.3 Å². The van der Waals surface area contributed by atoms with Gasteiger partial charge in [0.1, 0.15) is 5.82 Å². The molecule has 1 aliphatic rings. The molecule has 106 valence electrons. The molecule has 1 saturated carbocycles. The molecule has 3 N–H and O–H groups in total. The highest BCUT2D eigenvalue weighted by molar-refractivity contribution is 5.43. The smallest absolute Gasteiger partial charge is 0.129 e. The summed E-state index contributed by atoms with van der Waals surface area (Å²) >= 11 is 0. The second-order valence-electron chi connectivity index (χ2n) is 5.44. The SMILES string of the molecule is C[C@@H](N)c1ccnc(N(CCO)C2CCCCC2)c1. The zero-order chi connectivity index (χ0) is 13.7. The quantitative estimate of drug-likeness (QED) is 0.855. The second-order valence-corrected chi connectivity index (χ2v) is 5.44. The number of aliphatic hydroxyl groups excluding tert-OH is 1. The summed E-state index contributed by atoms with van der Waals surface area (Å²) in [6.45, 7) is 2.80. The third-order valence-corrected chi connectivity index (χ3v) is 3.95. The first-order chi connectivity index (χ1) is 9.22. The van der Waals surface area contributed by atoms with Crippen LogP contribution in [-0.2, 0) is 0 Å². The molecule has 1 aliphatic carbocycles. The van der Waals surface area contributed by atoms with Crippen molar-refractivity contribution in [3.63, 3.8) is 0 Å². The maximum Gasteiger partial charge on any atom is 0.129 e. The van der Waals surface area contributed by atoms with Crippen LogP contribution < -0.4 is 10.6 Å². The summed E-state index contributed by atoms with van der Waals surface area (Å²) < 4.78 is 0. The first kappa shape index (κ1) is 14.3. The van der Waals surface area contributed by atoms with Gasteiger partial charge in [-0.1, -0.05) is 19.3 Å². The van der Waals surface area contributed by atoms with E-state index < -0.39 is 0 Å². The molecule has 1 aromatic rings. The number of anilines is 1. The fraction of sp³-hybridized carbons (Fsp3) is 0.667. The molecule has 2 rings (SSSR count). The van der Waals surface area contributed by atoms with Crippen molar-refractivity contribution in [2.75, 3.05) is 18.1 Å². The Labute approximate surface area is 115 Å². The van der Waals surface area contributed by atoms with Crippen LogP contribution in [0.5, 0.6) is 0 Å². The van der Waals surface area contributed by atoms with Crippen molar-refractivity contribution >= 4 is 5.82 Å². The number of pyridine rings is 1. The lowest BCUT2D eigenvalue weighted by atomic mass is 9.94. The van der Waals surface area contributed by atoms with E-state index in [1.807, 2.05) is 19.2 Å². The molecule has 4 nitrogen and oxygen atoms in total. The van der Waals surface area contributed by atoms with E-state index in [9.17, 15) is 5.11 Å². The van der Waals surface area contributed by atoms with Gasteiger partial charge in [0.05, 0.1) is 6.61 Å². The Balaban J connectivity index is 2.19. The van der Waals surface area contributed by atoms with E-state index in [-0.39, 0.29) is 12.6 Å². The van der Waals surface area contributed by atoms with Crippen LogP contribution in [0.1, 0.15) is 50.6 Å². The predicted octanol–water partition coefficient (Wildman–Crippen LogP) is 2.23.